The largest absolute Gasteiger partial charge is 0.481 e. The average Bonchev–Trinajstić information content (AvgIpc) is 3.08. The number of hydrogen-bond acceptors (Lipinski definition) is 5. The summed E-state index contributed by atoms with van der Waals surface area (Å²) in [6, 6.07) is 3.52. The van der Waals surface area contributed by atoms with E-state index in [4.69, 9.17) is 4.74 Å². The maximum atomic E-state index is 12.9. The minimum atomic E-state index is -0.288. The van der Waals surface area contributed by atoms with E-state index in [9.17, 15) is 9.90 Å². The first-order chi connectivity index (χ1) is 12.7. The van der Waals surface area contributed by atoms with Crippen molar-refractivity contribution in [1.82, 2.24) is 20.5 Å². The molecule has 1 amide bonds. The Morgan fingerprint density at radius 1 is 1.35 bits per heavy atom. The minimum Gasteiger partial charge on any atom is -0.481 e. The summed E-state index contributed by atoms with van der Waals surface area (Å²) in [6.07, 6.45) is 6.87. The molecule has 7 nitrogen and oxygen atoms in total. The number of hydrogen-bond donors (Lipinski definition) is 3. The average molecular weight is 356 g/mol. The maximum absolute atomic E-state index is 12.9. The van der Waals surface area contributed by atoms with Crippen LogP contribution in [0.15, 0.2) is 18.3 Å². The van der Waals surface area contributed by atoms with Crippen molar-refractivity contribution in [2.24, 2.45) is 5.92 Å². The summed E-state index contributed by atoms with van der Waals surface area (Å²) in [5.41, 5.74) is 3.56. The number of carbonyl (C=O) groups excluding carboxylic acids is 1. The van der Waals surface area contributed by atoms with Gasteiger partial charge in [-0.3, -0.25) is 9.89 Å². The normalized spacial score (nSPS) is 22.8. The summed E-state index contributed by atoms with van der Waals surface area (Å²) < 4.78 is 5.12. The minimum absolute atomic E-state index is 0.161. The second-order valence-corrected chi connectivity index (χ2v) is 7.21. The third kappa shape index (κ3) is 3.19. The lowest BCUT2D eigenvalue weighted by Gasteiger charge is -2.38. The van der Waals surface area contributed by atoms with Gasteiger partial charge in [-0.1, -0.05) is 6.07 Å². The van der Waals surface area contributed by atoms with Gasteiger partial charge in [0.2, 0.25) is 5.88 Å². The Hall–Kier alpha value is -2.41. The van der Waals surface area contributed by atoms with E-state index in [-0.39, 0.29) is 24.0 Å². The zero-order chi connectivity index (χ0) is 18.1. The number of aliphatic hydroxyl groups excluding tert-OH is 1. The van der Waals surface area contributed by atoms with Crippen LogP contribution in [0.3, 0.4) is 0 Å². The first-order valence-corrected chi connectivity index (χ1v) is 9.20. The zero-order valence-electron chi connectivity index (χ0n) is 14.9. The van der Waals surface area contributed by atoms with E-state index in [0.717, 1.165) is 42.5 Å². The van der Waals surface area contributed by atoms with Gasteiger partial charge in [-0.2, -0.15) is 5.10 Å². The number of amides is 1. The number of aryl methyl sites for hydroxylation is 1. The number of methoxy groups -OCH3 is 1. The Labute approximate surface area is 152 Å². The molecule has 2 aromatic heterocycles. The fraction of sp³-hybridized carbons (Fsp3) is 0.526. The van der Waals surface area contributed by atoms with Crippen molar-refractivity contribution in [3.63, 3.8) is 0 Å². The summed E-state index contributed by atoms with van der Waals surface area (Å²) in [4.78, 5) is 17.2. The molecule has 4 rings (SSSR count). The topological polar surface area (TPSA) is 100 Å². The SMILES string of the molecule is COc1ccc([C@@H](NC(=O)c2n[nH]c3c2CCCC3)C2CC(O)C2)cn1. The molecule has 2 aromatic rings. The van der Waals surface area contributed by atoms with Crippen LogP contribution in [-0.2, 0) is 12.8 Å². The number of fused-ring (bicyclic) bond motifs is 1. The van der Waals surface area contributed by atoms with E-state index in [1.165, 1.54) is 0 Å². The van der Waals surface area contributed by atoms with Crippen LogP contribution >= 0.6 is 0 Å². The van der Waals surface area contributed by atoms with Gasteiger partial charge < -0.3 is 15.2 Å². The summed E-state index contributed by atoms with van der Waals surface area (Å²) in [5.74, 6) is 0.569. The third-order valence-electron chi connectivity index (χ3n) is 5.51. The van der Waals surface area contributed by atoms with Gasteiger partial charge in [0.15, 0.2) is 5.69 Å². The van der Waals surface area contributed by atoms with Gasteiger partial charge in [0.25, 0.3) is 5.91 Å². The number of aromatic amines is 1. The van der Waals surface area contributed by atoms with Crippen LogP contribution in [0.1, 0.15) is 59.0 Å². The van der Waals surface area contributed by atoms with Crippen molar-refractivity contribution in [3.05, 3.63) is 40.8 Å². The van der Waals surface area contributed by atoms with Crippen LogP contribution < -0.4 is 10.1 Å². The zero-order valence-corrected chi connectivity index (χ0v) is 14.9. The van der Waals surface area contributed by atoms with Crippen molar-refractivity contribution in [2.75, 3.05) is 7.11 Å². The Morgan fingerprint density at radius 3 is 2.85 bits per heavy atom. The molecule has 0 unspecified atom stereocenters. The monoisotopic (exact) mass is 356 g/mol. The molecule has 3 N–H and O–H groups in total. The van der Waals surface area contributed by atoms with Gasteiger partial charge in [0.05, 0.1) is 19.3 Å². The van der Waals surface area contributed by atoms with Gasteiger partial charge in [0.1, 0.15) is 0 Å². The van der Waals surface area contributed by atoms with Gasteiger partial charge >= 0.3 is 0 Å². The lowest BCUT2D eigenvalue weighted by atomic mass is 9.75. The number of ether oxygens (including phenoxy) is 1. The number of pyridine rings is 1. The van der Waals surface area contributed by atoms with Crippen molar-refractivity contribution < 1.29 is 14.6 Å². The number of rotatable bonds is 5. The van der Waals surface area contributed by atoms with Gasteiger partial charge in [-0.15, -0.1) is 0 Å². The lowest BCUT2D eigenvalue weighted by Crippen LogP contribution is -2.41. The number of H-pyrrole nitrogens is 1. The van der Waals surface area contributed by atoms with E-state index >= 15 is 0 Å². The van der Waals surface area contributed by atoms with E-state index in [2.05, 4.69) is 20.5 Å². The second-order valence-electron chi connectivity index (χ2n) is 7.21. The van der Waals surface area contributed by atoms with Crippen LogP contribution in [0.2, 0.25) is 0 Å². The smallest absolute Gasteiger partial charge is 0.272 e. The number of nitrogens with one attached hydrogen (secondary N) is 2. The van der Waals surface area contributed by atoms with E-state index in [0.29, 0.717) is 24.4 Å². The quantitative estimate of drug-likeness (QED) is 0.760. The number of aliphatic hydroxyl groups is 1. The third-order valence-corrected chi connectivity index (χ3v) is 5.51. The van der Waals surface area contributed by atoms with E-state index in [1.54, 1.807) is 19.4 Å². The molecule has 0 bridgehead atoms. The van der Waals surface area contributed by atoms with Crippen LogP contribution in [0.5, 0.6) is 5.88 Å². The van der Waals surface area contributed by atoms with Crippen molar-refractivity contribution in [3.8, 4) is 5.88 Å². The molecule has 0 radical (unpaired) electrons. The van der Waals surface area contributed by atoms with Crippen molar-refractivity contribution in [2.45, 2.75) is 50.7 Å². The summed E-state index contributed by atoms with van der Waals surface area (Å²) in [6.45, 7) is 0. The Bertz CT molecular complexity index is 781. The standard InChI is InChI=1S/C19H24N4O3/c1-26-16-7-6-11(10-20-16)17(12-8-13(24)9-12)21-19(25)18-14-4-2-3-5-15(14)22-23-18/h6-7,10,12-13,17,24H,2-5,8-9H2,1H3,(H,21,25)(H,22,23)/t12?,13?,17-/m1/s1. The van der Waals surface area contributed by atoms with Crippen LogP contribution in [-0.4, -0.2) is 39.4 Å². The highest BCUT2D eigenvalue weighted by Crippen LogP contribution is 2.38. The predicted molar refractivity (Wildman–Crippen MR) is 95.0 cm³/mol. The molecule has 1 atom stereocenters. The summed E-state index contributed by atoms with van der Waals surface area (Å²) in [5, 5.41) is 20.1. The Balaban J connectivity index is 1.56. The number of nitrogens with zero attached hydrogens (tertiary/aromatic N) is 2. The molecule has 1 fully saturated rings. The van der Waals surface area contributed by atoms with E-state index < -0.39 is 0 Å². The Kier molecular flexibility index (Phi) is 4.63. The number of carbonyl (C=O) groups is 1. The fourth-order valence-electron chi connectivity index (χ4n) is 3.95. The lowest BCUT2D eigenvalue weighted by molar-refractivity contribution is 0.0234. The molecule has 138 valence electrons. The van der Waals surface area contributed by atoms with Gasteiger partial charge in [-0.25, -0.2) is 4.98 Å². The van der Waals surface area contributed by atoms with Gasteiger partial charge in [0, 0.05) is 23.5 Å². The van der Waals surface area contributed by atoms with Crippen LogP contribution in [0, 0.1) is 5.92 Å². The molecular weight excluding hydrogens is 332 g/mol. The first kappa shape index (κ1) is 17.0. The second kappa shape index (κ2) is 7.07. The molecule has 26 heavy (non-hydrogen) atoms. The molecule has 2 aliphatic carbocycles. The molecule has 0 spiro atoms. The van der Waals surface area contributed by atoms with Crippen molar-refractivity contribution >= 4 is 5.91 Å². The Morgan fingerprint density at radius 2 is 2.15 bits per heavy atom. The van der Waals surface area contributed by atoms with Crippen molar-refractivity contribution in [1.29, 1.82) is 0 Å². The molecule has 1 saturated carbocycles. The summed E-state index contributed by atoms with van der Waals surface area (Å²) >= 11 is 0. The highest BCUT2D eigenvalue weighted by atomic mass is 16.5. The van der Waals surface area contributed by atoms with Gasteiger partial charge in [-0.05, 0) is 50.0 Å². The maximum Gasteiger partial charge on any atom is 0.272 e. The highest BCUT2D eigenvalue weighted by molar-refractivity contribution is 5.94. The molecular formula is C19H24N4O3. The molecule has 2 heterocycles. The fourth-order valence-corrected chi connectivity index (χ4v) is 3.95. The molecule has 0 saturated heterocycles. The first-order valence-electron chi connectivity index (χ1n) is 9.20. The number of aromatic nitrogens is 3. The molecule has 7 heteroatoms. The van der Waals surface area contributed by atoms with Crippen LogP contribution in [0.25, 0.3) is 0 Å². The molecule has 0 aliphatic heterocycles. The molecule has 2 aliphatic rings. The van der Waals surface area contributed by atoms with Crippen LogP contribution in [0.4, 0.5) is 0 Å². The highest BCUT2D eigenvalue weighted by Gasteiger charge is 2.36. The predicted octanol–water partition coefficient (Wildman–Crippen LogP) is 1.93. The summed E-state index contributed by atoms with van der Waals surface area (Å²) in [7, 11) is 1.57. The molecule has 0 aromatic carbocycles. The van der Waals surface area contributed by atoms with E-state index in [1.807, 2.05) is 6.07 Å².